The molecular weight excluding hydrogens is 376 g/mol. The number of fused-ring (bicyclic) bond motifs is 1. The summed E-state index contributed by atoms with van der Waals surface area (Å²) in [5.74, 6) is -0.526. The van der Waals surface area contributed by atoms with Crippen LogP contribution in [0.4, 0.5) is 0 Å². The summed E-state index contributed by atoms with van der Waals surface area (Å²) < 4.78 is 1.94. The molecule has 1 aromatic carbocycles. The van der Waals surface area contributed by atoms with E-state index in [-0.39, 0.29) is 0 Å². The second-order valence-electron chi connectivity index (χ2n) is 7.83. The van der Waals surface area contributed by atoms with Crippen molar-refractivity contribution in [1.29, 1.82) is 0 Å². The summed E-state index contributed by atoms with van der Waals surface area (Å²) in [6.45, 7) is 2.13. The average molecular weight is 405 g/mol. The minimum absolute atomic E-state index is 0.410. The second kappa shape index (κ2) is 9.69. The number of nitrogens with one attached hydrogen (secondary N) is 1. The Hall–Kier alpha value is -2.96. The zero-order chi connectivity index (χ0) is 20.8. The number of benzene rings is 1. The Morgan fingerprint density at radius 2 is 2.03 bits per heavy atom. The Labute approximate surface area is 176 Å². The van der Waals surface area contributed by atoms with Crippen molar-refractivity contribution in [2.45, 2.75) is 38.1 Å². The highest BCUT2D eigenvalue weighted by Gasteiger charge is 2.22. The molecule has 1 fully saturated rings. The van der Waals surface area contributed by atoms with E-state index < -0.39 is 5.91 Å². The van der Waals surface area contributed by atoms with Crippen LogP contribution in [-0.2, 0) is 11.2 Å². The minimum atomic E-state index is -0.526. The molecule has 2 aromatic heterocycles. The van der Waals surface area contributed by atoms with Crippen molar-refractivity contribution in [2.75, 3.05) is 13.1 Å². The van der Waals surface area contributed by atoms with E-state index in [0.717, 1.165) is 31.5 Å². The number of pyridine rings is 1. The van der Waals surface area contributed by atoms with E-state index in [9.17, 15) is 4.79 Å². The van der Waals surface area contributed by atoms with E-state index in [1.54, 1.807) is 11.6 Å². The van der Waals surface area contributed by atoms with Crippen molar-refractivity contribution in [3.05, 3.63) is 77.6 Å². The highest BCUT2D eigenvalue weighted by Crippen LogP contribution is 2.30. The molecule has 1 unspecified atom stereocenters. The standard InChI is InChI=1S/C24H28N4O2/c29-24(26-30)13-10-19-8-11-20(12-9-19)22-6-2-1-4-15-27(22)17-14-21-18-25-28-16-5-3-7-23(21)28/h3,5,7-13,16,18,22,30H,1-2,4,6,14-15,17H2,(H,26,29)/b13-10+. The second-order valence-corrected chi connectivity index (χ2v) is 7.83. The number of hydrogen-bond acceptors (Lipinski definition) is 4. The van der Waals surface area contributed by atoms with Crippen LogP contribution in [-0.4, -0.2) is 38.7 Å². The molecular formula is C24H28N4O2. The van der Waals surface area contributed by atoms with Gasteiger partial charge in [0.25, 0.3) is 5.91 Å². The Balaban J connectivity index is 1.47. The molecule has 1 amide bonds. The molecule has 0 bridgehead atoms. The topological polar surface area (TPSA) is 69.9 Å². The van der Waals surface area contributed by atoms with Crippen molar-refractivity contribution >= 4 is 17.5 Å². The fraction of sp³-hybridized carbons (Fsp3) is 0.333. The molecule has 6 nitrogen and oxygen atoms in total. The number of amides is 1. The van der Waals surface area contributed by atoms with Gasteiger partial charge in [-0.3, -0.25) is 14.9 Å². The molecule has 156 valence electrons. The zero-order valence-electron chi connectivity index (χ0n) is 17.1. The Morgan fingerprint density at radius 1 is 1.17 bits per heavy atom. The van der Waals surface area contributed by atoms with E-state index in [1.807, 2.05) is 35.1 Å². The lowest BCUT2D eigenvalue weighted by Gasteiger charge is -2.30. The molecule has 1 aliphatic rings. The first-order valence-electron chi connectivity index (χ1n) is 10.6. The normalized spacial score (nSPS) is 18.0. The van der Waals surface area contributed by atoms with Crippen molar-refractivity contribution in [3.63, 3.8) is 0 Å². The molecule has 3 heterocycles. The lowest BCUT2D eigenvalue weighted by Crippen LogP contribution is -2.30. The van der Waals surface area contributed by atoms with Crippen LogP contribution in [0, 0.1) is 0 Å². The van der Waals surface area contributed by atoms with Crippen LogP contribution in [0.15, 0.2) is 60.9 Å². The lowest BCUT2D eigenvalue weighted by atomic mass is 9.99. The molecule has 4 rings (SSSR count). The molecule has 1 atom stereocenters. The van der Waals surface area contributed by atoms with Crippen molar-refractivity contribution in [2.24, 2.45) is 0 Å². The van der Waals surface area contributed by atoms with Gasteiger partial charge in [-0.05, 0) is 60.7 Å². The summed E-state index contributed by atoms with van der Waals surface area (Å²) in [5.41, 5.74) is 6.35. The Kier molecular flexibility index (Phi) is 6.57. The van der Waals surface area contributed by atoms with Crippen molar-refractivity contribution < 1.29 is 10.0 Å². The van der Waals surface area contributed by atoms with Gasteiger partial charge in [0.2, 0.25) is 0 Å². The van der Waals surface area contributed by atoms with Gasteiger partial charge in [-0.1, -0.05) is 43.2 Å². The molecule has 0 spiro atoms. The highest BCUT2D eigenvalue weighted by molar-refractivity contribution is 5.90. The highest BCUT2D eigenvalue weighted by atomic mass is 16.5. The largest absolute Gasteiger partial charge is 0.296 e. The number of hydroxylamine groups is 1. The van der Waals surface area contributed by atoms with Crippen molar-refractivity contribution in [3.8, 4) is 0 Å². The van der Waals surface area contributed by atoms with Gasteiger partial charge in [0, 0.05) is 24.9 Å². The average Bonchev–Trinajstić information content (AvgIpc) is 3.05. The minimum Gasteiger partial charge on any atom is -0.296 e. The van der Waals surface area contributed by atoms with Crippen LogP contribution in [0.1, 0.15) is 48.4 Å². The van der Waals surface area contributed by atoms with Gasteiger partial charge in [-0.2, -0.15) is 5.10 Å². The Morgan fingerprint density at radius 3 is 2.87 bits per heavy atom. The van der Waals surface area contributed by atoms with E-state index in [4.69, 9.17) is 5.21 Å². The first kappa shape index (κ1) is 20.3. The summed E-state index contributed by atoms with van der Waals surface area (Å²) >= 11 is 0. The van der Waals surface area contributed by atoms with Crippen LogP contribution in [0.5, 0.6) is 0 Å². The molecule has 1 aliphatic heterocycles. The third kappa shape index (κ3) is 4.78. The van der Waals surface area contributed by atoms with Gasteiger partial charge in [0.15, 0.2) is 0 Å². The summed E-state index contributed by atoms with van der Waals surface area (Å²) in [6, 6.07) is 15.0. The van der Waals surface area contributed by atoms with E-state index in [2.05, 4.69) is 34.3 Å². The third-order valence-corrected chi connectivity index (χ3v) is 5.90. The van der Waals surface area contributed by atoms with E-state index in [1.165, 1.54) is 42.0 Å². The van der Waals surface area contributed by atoms with Crippen LogP contribution in [0.25, 0.3) is 11.6 Å². The maximum Gasteiger partial charge on any atom is 0.267 e. The van der Waals surface area contributed by atoms with Gasteiger partial charge in [0.05, 0.1) is 11.7 Å². The fourth-order valence-corrected chi connectivity index (χ4v) is 4.30. The van der Waals surface area contributed by atoms with Crippen LogP contribution >= 0.6 is 0 Å². The first-order valence-corrected chi connectivity index (χ1v) is 10.6. The molecule has 0 saturated carbocycles. The monoisotopic (exact) mass is 404 g/mol. The molecule has 0 radical (unpaired) electrons. The van der Waals surface area contributed by atoms with Crippen molar-refractivity contribution in [1.82, 2.24) is 20.0 Å². The molecule has 6 heteroatoms. The smallest absolute Gasteiger partial charge is 0.267 e. The van der Waals surface area contributed by atoms with Gasteiger partial charge in [-0.25, -0.2) is 10.00 Å². The summed E-state index contributed by atoms with van der Waals surface area (Å²) in [5, 5.41) is 13.1. The summed E-state index contributed by atoms with van der Waals surface area (Å²) in [7, 11) is 0. The van der Waals surface area contributed by atoms with Gasteiger partial charge in [0.1, 0.15) is 0 Å². The number of aromatic nitrogens is 2. The maximum atomic E-state index is 11.2. The predicted octanol–water partition coefficient (Wildman–Crippen LogP) is 4.01. The van der Waals surface area contributed by atoms with E-state index in [0.29, 0.717) is 6.04 Å². The zero-order valence-corrected chi connectivity index (χ0v) is 17.1. The maximum absolute atomic E-state index is 11.2. The van der Waals surface area contributed by atoms with E-state index >= 15 is 0 Å². The molecule has 0 aliphatic carbocycles. The number of likely N-dealkylation sites (tertiary alicyclic amines) is 1. The third-order valence-electron chi connectivity index (χ3n) is 5.90. The first-order chi connectivity index (χ1) is 14.7. The number of rotatable bonds is 6. The van der Waals surface area contributed by atoms with Gasteiger partial charge < -0.3 is 0 Å². The molecule has 2 N–H and O–H groups in total. The quantitative estimate of drug-likeness (QED) is 0.370. The van der Waals surface area contributed by atoms with Gasteiger partial charge in [-0.15, -0.1) is 0 Å². The van der Waals surface area contributed by atoms with Crippen LogP contribution in [0.2, 0.25) is 0 Å². The summed E-state index contributed by atoms with van der Waals surface area (Å²) in [6.07, 6.45) is 12.9. The number of carbonyl (C=O) groups excluding carboxylic acids is 1. The number of hydrogen-bond donors (Lipinski definition) is 2. The molecule has 1 saturated heterocycles. The fourth-order valence-electron chi connectivity index (χ4n) is 4.30. The van der Waals surface area contributed by atoms with Gasteiger partial charge >= 0.3 is 0 Å². The predicted molar refractivity (Wildman–Crippen MR) is 117 cm³/mol. The Bertz CT molecular complexity index is 1010. The number of carbonyl (C=O) groups is 1. The lowest BCUT2D eigenvalue weighted by molar-refractivity contribution is -0.124. The SMILES string of the molecule is O=C(/C=C/c1ccc(C2CCCCCN2CCc2cnn3ccccc23)cc1)NO. The number of nitrogens with zero attached hydrogens (tertiary/aromatic N) is 3. The van der Waals surface area contributed by atoms with Crippen LogP contribution < -0.4 is 5.48 Å². The van der Waals surface area contributed by atoms with Crippen LogP contribution in [0.3, 0.4) is 0 Å². The molecule has 30 heavy (non-hydrogen) atoms. The molecule has 3 aromatic rings. The summed E-state index contributed by atoms with van der Waals surface area (Å²) in [4.78, 5) is 13.8.